The maximum atomic E-state index is 12.9. The van der Waals surface area contributed by atoms with E-state index in [1.165, 1.54) is 0 Å². The van der Waals surface area contributed by atoms with Gasteiger partial charge in [-0.2, -0.15) is 4.98 Å². The van der Waals surface area contributed by atoms with Crippen LogP contribution in [0.3, 0.4) is 0 Å². The van der Waals surface area contributed by atoms with Crippen molar-refractivity contribution >= 4 is 35.0 Å². The molecule has 9 nitrogen and oxygen atoms in total. The summed E-state index contributed by atoms with van der Waals surface area (Å²) in [4.78, 5) is 24.0. The van der Waals surface area contributed by atoms with Crippen LogP contribution in [0.25, 0.3) is 0 Å². The van der Waals surface area contributed by atoms with Crippen molar-refractivity contribution in [2.24, 2.45) is 5.92 Å². The highest BCUT2D eigenvalue weighted by molar-refractivity contribution is 6.30. The van der Waals surface area contributed by atoms with Gasteiger partial charge >= 0.3 is 0 Å². The van der Waals surface area contributed by atoms with E-state index in [9.17, 15) is 4.79 Å². The zero-order chi connectivity index (χ0) is 25.5. The third kappa shape index (κ3) is 6.09. The zero-order valence-electron chi connectivity index (χ0n) is 20.6. The van der Waals surface area contributed by atoms with Crippen molar-refractivity contribution in [1.29, 1.82) is 0 Å². The van der Waals surface area contributed by atoms with E-state index in [1.807, 2.05) is 30.3 Å². The molecule has 0 unspecified atom stereocenters. The molecule has 10 heteroatoms. The number of amides is 1. The summed E-state index contributed by atoms with van der Waals surface area (Å²) in [5.74, 6) is 2.65. The van der Waals surface area contributed by atoms with Gasteiger partial charge in [0.1, 0.15) is 5.82 Å². The lowest BCUT2D eigenvalue weighted by Crippen LogP contribution is -2.43. The number of ether oxygens (including phenoxy) is 3. The summed E-state index contributed by atoms with van der Waals surface area (Å²) in [6.45, 7) is 1.85. The molecule has 1 aliphatic rings. The quantitative estimate of drug-likeness (QED) is 0.435. The Kier molecular flexibility index (Phi) is 8.32. The maximum Gasteiger partial charge on any atom is 0.229 e. The molecular weight excluding hydrogens is 482 g/mol. The fourth-order valence-electron chi connectivity index (χ4n) is 4.25. The van der Waals surface area contributed by atoms with E-state index >= 15 is 0 Å². The van der Waals surface area contributed by atoms with Crippen molar-refractivity contribution in [3.05, 3.63) is 59.2 Å². The van der Waals surface area contributed by atoms with E-state index in [1.54, 1.807) is 39.7 Å². The van der Waals surface area contributed by atoms with Crippen molar-refractivity contribution in [3.63, 3.8) is 0 Å². The molecule has 1 fully saturated rings. The summed E-state index contributed by atoms with van der Waals surface area (Å²) in [5, 5.41) is 6.90. The van der Waals surface area contributed by atoms with Gasteiger partial charge in [-0.15, -0.1) is 0 Å². The Balaban J connectivity index is 1.43. The Morgan fingerprint density at radius 1 is 1.11 bits per heavy atom. The minimum absolute atomic E-state index is 0.0319. The van der Waals surface area contributed by atoms with Crippen LogP contribution in [0.15, 0.2) is 48.7 Å². The Labute approximate surface area is 215 Å². The monoisotopic (exact) mass is 511 g/mol. The molecule has 1 aromatic heterocycles. The second kappa shape index (κ2) is 11.8. The first-order valence-corrected chi connectivity index (χ1v) is 12.1. The number of hydrogen-bond acceptors (Lipinski definition) is 8. The Morgan fingerprint density at radius 2 is 1.89 bits per heavy atom. The van der Waals surface area contributed by atoms with E-state index < -0.39 is 0 Å². The Hall–Kier alpha value is -3.72. The van der Waals surface area contributed by atoms with Crippen LogP contribution in [0.2, 0.25) is 5.02 Å². The molecule has 190 valence electrons. The van der Waals surface area contributed by atoms with Crippen LogP contribution in [0, 0.1) is 5.92 Å². The third-order valence-corrected chi connectivity index (χ3v) is 6.27. The number of nitrogens with one attached hydrogen (secondary N) is 2. The number of halogens is 1. The van der Waals surface area contributed by atoms with Crippen molar-refractivity contribution in [1.82, 2.24) is 15.3 Å². The van der Waals surface area contributed by atoms with Gasteiger partial charge in [0.2, 0.25) is 17.6 Å². The Morgan fingerprint density at radius 3 is 2.58 bits per heavy atom. The van der Waals surface area contributed by atoms with Crippen LogP contribution in [0.4, 0.5) is 17.5 Å². The number of piperidine rings is 1. The third-order valence-electron chi connectivity index (χ3n) is 6.03. The number of rotatable bonds is 9. The average molecular weight is 512 g/mol. The topological polar surface area (TPSA) is 97.8 Å². The average Bonchev–Trinajstić information content (AvgIpc) is 2.91. The number of benzene rings is 2. The highest BCUT2D eigenvalue weighted by atomic mass is 35.5. The van der Waals surface area contributed by atoms with Gasteiger partial charge in [0.15, 0.2) is 11.5 Å². The summed E-state index contributed by atoms with van der Waals surface area (Å²) < 4.78 is 16.2. The molecule has 0 aliphatic carbocycles. The lowest BCUT2D eigenvalue weighted by molar-refractivity contribution is -0.125. The number of aromatic nitrogens is 2. The SMILES string of the molecule is COc1cc(Nc2nccc(N3CCC[C@H](C(=O)NCc4cccc(Cl)c4)C3)n2)cc(OC)c1OC. The molecule has 0 spiro atoms. The van der Waals surface area contributed by atoms with Crippen molar-refractivity contribution in [2.75, 3.05) is 44.6 Å². The summed E-state index contributed by atoms with van der Waals surface area (Å²) >= 11 is 6.05. The molecule has 4 rings (SSSR count). The van der Waals surface area contributed by atoms with Crippen molar-refractivity contribution in [2.45, 2.75) is 19.4 Å². The zero-order valence-corrected chi connectivity index (χ0v) is 21.3. The van der Waals surface area contributed by atoms with Crippen LogP contribution in [0.5, 0.6) is 17.2 Å². The molecular formula is C26H30ClN5O4. The summed E-state index contributed by atoms with van der Waals surface area (Å²) in [5.41, 5.74) is 1.67. The lowest BCUT2D eigenvalue weighted by atomic mass is 9.97. The molecule has 36 heavy (non-hydrogen) atoms. The van der Waals surface area contributed by atoms with Gasteiger partial charge in [-0.25, -0.2) is 4.98 Å². The van der Waals surface area contributed by atoms with Crippen LogP contribution >= 0.6 is 11.6 Å². The summed E-state index contributed by atoms with van der Waals surface area (Å²) in [7, 11) is 4.69. The van der Waals surface area contributed by atoms with Gasteiger partial charge in [-0.1, -0.05) is 23.7 Å². The van der Waals surface area contributed by atoms with Crippen molar-refractivity contribution < 1.29 is 19.0 Å². The van der Waals surface area contributed by atoms with Crippen LogP contribution < -0.4 is 29.7 Å². The molecule has 2 N–H and O–H groups in total. The standard InChI is InChI=1S/C26H30ClN5O4/c1-34-21-13-20(14-22(35-2)24(21)36-3)30-26-28-10-9-23(31-26)32-11-5-7-18(16-32)25(33)29-15-17-6-4-8-19(27)12-17/h4,6,8-10,12-14,18H,5,7,11,15-16H2,1-3H3,(H,29,33)(H,28,30,31)/t18-/m0/s1. The number of carbonyl (C=O) groups is 1. The second-order valence-electron chi connectivity index (χ2n) is 8.41. The molecule has 3 aromatic rings. The normalized spacial score (nSPS) is 15.2. The fourth-order valence-corrected chi connectivity index (χ4v) is 4.46. The Bertz CT molecular complexity index is 1180. The number of anilines is 3. The maximum absolute atomic E-state index is 12.9. The van der Waals surface area contributed by atoms with Gasteiger partial charge < -0.3 is 29.7 Å². The summed E-state index contributed by atoms with van der Waals surface area (Å²) in [6, 6.07) is 12.9. The van der Waals surface area contributed by atoms with Gasteiger partial charge in [0.05, 0.1) is 27.2 Å². The first-order valence-electron chi connectivity index (χ1n) is 11.7. The van der Waals surface area contributed by atoms with E-state index in [0.29, 0.717) is 47.0 Å². The first kappa shape index (κ1) is 25.4. The summed E-state index contributed by atoms with van der Waals surface area (Å²) in [6.07, 6.45) is 3.43. The lowest BCUT2D eigenvalue weighted by Gasteiger charge is -2.33. The first-order chi connectivity index (χ1) is 17.5. The molecule has 1 atom stereocenters. The van der Waals surface area contributed by atoms with Crippen molar-refractivity contribution in [3.8, 4) is 17.2 Å². The molecule has 0 radical (unpaired) electrons. The van der Waals surface area contributed by atoms with Gasteiger partial charge in [-0.05, 0) is 36.6 Å². The minimum atomic E-state index is -0.126. The van der Waals surface area contributed by atoms with Crippen LogP contribution in [0.1, 0.15) is 18.4 Å². The van der Waals surface area contributed by atoms with E-state index in [0.717, 1.165) is 30.8 Å². The molecule has 1 amide bonds. The number of carbonyl (C=O) groups excluding carboxylic acids is 1. The van der Waals surface area contributed by atoms with E-state index in [-0.39, 0.29) is 11.8 Å². The number of hydrogen-bond donors (Lipinski definition) is 2. The minimum Gasteiger partial charge on any atom is -0.493 e. The molecule has 1 aliphatic heterocycles. The van der Waals surface area contributed by atoms with E-state index in [2.05, 4.69) is 25.5 Å². The fraction of sp³-hybridized carbons (Fsp3) is 0.346. The smallest absolute Gasteiger partial charge is 0.229 e. The number of nitrogens with zero attached hydrogens (tertiary/aromatic N) is 3. The van der Waals surface area contributed by atoms with Crippen LogP contribution in [-0.2, 0) is 11.3 Å². The molecule has 1 saturated heterocycles. The molecule has 0 saturated carbocycles. The predicted octanol–water partition coefficient (Wildman–Crippen LogP) is 4.43. The highest BCUT2D eigenvalue weighted by Gasteiger charge is 2.26. The molecule has 0 bridgehead atoms. The highest BCUT2D eigenvalue weighted by Crippen LogP contribution is 2.40. The molecule has 2 aromatic carbocycles. The van der Waals surface area contributed by atoms with Crippen LogP contribution in [-0.4, -0.2) is 50.3 Å². The second-order valence-corrected chi connectivity index (χ2v) is 8.85. The van der Waals surface area contributed by atoms with Gasteiger partial charge in [-0.3, -0.25) is 4.79 Å². The number of methoxy groups -OCH3 is 3. The predicted molar refractivity (Wildman–Crippen MR) is 140 cm³/mol. The molecule has 2 heterocycles. The van der Waals surface area contributed by atoms with Gasteiger partial charge in [0.25, 0.3) is 0 Å². The largest absolute Gasteiger partial charge is 0.493 e. The van der Waals surface area contributed by atoms with Gasteiger partial charge in [0, 0.05) is 48.7 Å². The van der Waals surface area contributed by atoms with E-state index in [4.69, 9.17) is 25.8 Å².